The monoisotopic (exact) mass is 458 g/mol. The standard InChI is InChI=1S/C25H22N4O3S/c1-16-10-17(2)12-19(11-16)26-23(30)14-33-25-28-27-24(29(25)20-6-4-3-5-7-20)18-8-9-21-22(13-18)32-15-31-21/h3-13H,14-15H2,1-2H3,(H,26,30). The molecular formula is C25H22N4O3S. The minimum Gasteiger partial charge on any atom is -0.454 e. The number of carbonyl (C=O) groups excluding carboxylic acids is 1. The highest BCUT2D eigenvalue weighted by atomic mass is 32.2. The van der Waals surface area contributed by atoms with Gasteiger partial charge in [-0.1, -0.05) is 36.0 Å². The molecule has 0 aliphatic carbocycles. The number of aryl methyl sites for hydroxylation is 2. The highest BCUT2D eigenvalue weighted by Crippen LogP contribution is 2.37. The number of para-hydroxylation sites is 1. The molecule has 166 valence electrons. The Balaban J connectivity index is 1.41. The first-order valence-electron chi connectivity index (χ1n) is 10.5. The summed E-state index contributed by atoms with van der Waals surface area (Å²) in [5.74, 6) is 2.16. The second kappa shape index (κ2) is 8.99. The van der Waals surface area contributed by atoms with Gasteiger partial charge < -0.3 is 14.8 Å². The summed E-state index contributed by atoms with van der Waals surface area (Å²) in [6, 6.07) is 21.5. The molecule has 0 fully saturated rings. The van der Waals surface area contributed by atoms with Crippen molar-refractivity contribution < 1.29 is 14.3 Å². The van der Waals surface area contributed by atoms with Crippen LogP contribution in [0.3, 0.4) is 0 Å². The second-order valence-corrected chi connectivity index (χ2v) is 8.70. The SMILES string of the molecule is Cc1cc(C)cc(NC(=O)CSc2nnc(-c3ccc4c(c3)OCO4)n2-c2ccccc2)c1. The Kier molecular flexibility index (Phi) is 5.75. The molecule has 3 aromatic carbocycles. The van der Waals surface area contributed by atoms with E-state index < -0.39 is 0 Å². The molecule has 2 heterocycles. The third-order valence-electron chi connectivity index (χ3n) is 5.12. The lowest BCUT2D eigenvalue weighted by molar-refractivity contribution is -0.113. The zero-order chi connectivity index (χ0) is 22.8. The number of ether oxygens (including phenoxy) is 2. The van der Waals surface area contributed by atoms with E-state index in [0.29, 0.717) is 22.5 Å². The van der Waals surface area contributed by atoms with Gasteiger partial charge in [0.05, 0.1) is 5.75 Å². The maximum absolute atomic E-state index is 12.6. The van der Waals surface area contributed by atoms with Crippen molar-refractivity contribution >= 4 is 23.4 Å². The van der Waals surface area contributed by atoms with Crippen molar-refractivity contribution in [2.45, 2.75) is 19.0 Å². The van der Waals surface area contributed by atoms with E-state index in [1.165, 1.54) is 11.8 Å². The number of amides is 1. The Morgan fingerprint density at radius 2 is 1.73 bits per heavy atom. The molecule has 0 spiro atoms. The molecule has 0 saturated heterocycles. The van der Waals surface area contributed by atoms with E-state index >= 15 is 0 Å². The highest BCUT2D eigenvalue weighted by Gasteiger charge is 2.20. The first kappa shape index (κ1) is 21.1. The minimum absolute atomic E-state index is 0.0998. The fraction of sp³-hybridized carbons (Fsp3) is 0.160. The van der Waals surface area contributed by atoms with Crippen molar-refractivity contribution in [2.75, 3.05) is 17.9 Å². The summed E-state index contributed by atoms with van der Waals surface area (Å²) in [7, 11) is 0. The highest BCUT2D eigenvalue weighted by molar-refractivity contribution is 7.99. The minimum atomic E-state index is -0.0998. The van der Waals surface area contributed by atoms with Gasteiger partial charge in [-0.05, 0) is 67.4 Å². The number of thioether (sulfide) groups is 1. The number of fused-ring (bicyclic) bond motifs is 1. The summed E-state index contributed by atoms with van der Waals surface area (Å²) in [6.45, 7) is 4.23. The first-order chi connectivity index (χ1) is 16.1. The summed E-state index contributed by atoms with van der Waals surface area (Å²) >= 11 is 1.34. The molecule has 1 aromatic heterocycles. The Hall–Kier alpha value is -3.78. The van der Waals surface area contributed by atoms with E-state index in [2.05, 4.69) is 21.6 Å². The normalized spacial score (nSPS) is 12.1. The molecule has 33 heavy (non-hydrogen) atoms. The molecule has 5 rings (SSSR count). The van der Waals surface area contributed by atoms with Crippen molar-refractivity contribution in [3.8, 4) is 28.6 Å². The smallest absolute Gasteiger partial charge is 0.234 e. The van der Waals surface area contributed by atoms with Gasteiger partial charge in [0.1, 0.15) is 0 Å². The average Bonchev–Trinajstić information content (AvgIpc) is 3.44. The molecule has 1 amide bonds. The summed E-state index contributed by atoms with van der Waals surface area (Å²) in [6.07, 6.45) is 0. The van der Waals surface area contributed by atoms with Crippen LogP contribution in [0.1, 0.15) is 11.1 Å². The number of carbonyl (C=O) groups is 1. The Labute approximate surface area is 195 Å². The third kappa shape index (κ3) is 4.56. The molecule has 7 nitrogen and oxygen atoms in total. The van der Waals surface area contributed by atoms with Gasteiger partial charge in [-0.2, -0.15) is 0 Å². The van der Waals surface area contributed by atoms with Crippen molar-refractivity contribution in [1.82, 2.24) is 14.8 Å². The molecule has 1 aliphatic heterocycles. The fourth-order valence-corrected chi connectivity index (χ4v) is 4.52. The number of anilines is 1. The van der Waals surface area contributed by atoms with Crippen molar-refractivity contribution in [2.24, 2.45) is 0 Å². The van der Waals surface area contributed by atoms with Crippen LogP contribution in [0, 0.1) is 13.8 Å². The van der Waals surface area contributed by atoms with Gasteiger partial charge in [0.2, 0.25) is 12.7 Å². The van der Waals surface area contributed by atoms with Crippen LogP contribution in [0.2, 0.25) is 0 Å². The second-order valence-electron chi connectivity index (χ2n) is 7.76. The van der Waals surface area contributed by atoms with Gasteiger partial charge in [-0.15, -0.1) is 10.2 Å². The number of nitrogens with zero attached hydrogens (tertiary/aromatic N) is 3. The molecule has 0 bridgehead atoms. The summed E-state index contributed by atoms with van der Waals surface area (Å²) < 4.78 is 12.9. The van der Waals surface area contributed by atoms with Crippen LogP contribution >= 0.6 is 11.8 Å². The topological polar surface area (TPSA) is 78.3 Å². The van der Waals surface area contributed by atoms with Gasteiger partial charge in [-0.3, -0.25) is 9.36 Å². The van der Waals surface area contributed by atoms with Gasteiger partial charge in [0.25, 0.3) is 0 Å². The van der Waals surface area contributed by atoms with Crippen LogP contribution in [0.5, 0.6) is 11.5 Å². The Bertz CT molecular complexity index is 1300. The lowest BCUT2D eigenvalue weighted by Crippen LogP contribution is -2.14. The quantitative estimate of drug-likeness (QED) is 0.409. The summed E-state index contributed by atoms with van der Waals surface area (Å²) in [4.78, 5) is 12.6. The predicted molar refractivity (Wildman–Crippen MR) is 128 cm³/mol. The molecular weight excluding hydrogens is 436 g/mol. The number of hydrogen-bond acceptors (Lipinski definition) is 6. The Morgan fingerprint density at radius 1 is 0.970 bits per heavy atom. The van der Waals surface area contributed by atoms with Crippen molar-refractivity contribution in [3.05, 3.63) is 77.9 Å². The molecule has 8 heteroatoms. The van der Waals surface area contributed by atoms with E-state index in [4.69, 9.17) is 9.47 Å². The van der Waals surface area contributed by atoms with Crippen LogP contribution in [-0.4, -0.2) is 33.2 Å². The molecule has 4 aromatic rings. The number of nitrogens with one attached hydrogen (secondary N) is 1. The molecule has 0 radical (unpaired) electrons. The lowest BCUT2D eigenvalue weighted by Gasteiger charge is -2.11. The van der Waals surface area contributed by atoms with Gasteiger partial charge >= 0.3 is 0 Å². The van der Waals surface area contributed by atoms with E-state index in [1.807, 2.05) is 79.1 Å². The van der Waals surface area contributed by atoms with Crippen LogP contribution in [0.4, 0.5) is 5.69 Å². The van der Waals surface area contributed by atoms with E-state index in [0.717, 1.165) is 28.1 Å². The lowest BCUT2D eigenvalue weighted by atomic mass is 10.1. The maximum atomic E-state index is 12.6. The summed E-state index contributed by atoms with van der Waals surface area (Å²) in [5, 5.41) is 12.4. The molecule has 0 saturated carbocycles. The maximum Gasteiger partial charge on any atom is 0.234 e. The zero-order valence-corrected chi connectivity index (χ0v) is 19.1. The van der Waals surface area contributed by atoms with E-state index in [1.54, 1.807) is 0 Å². The molecule has 0 unspecified atom stereocenters. The van der Waals surface area contributed by atoms with Crippen LogP contribution in [0.25, 0.3) is 17.1 Å². The van der Waals surface area contributed by atoms with E-state index in [9.17, 15) is 4.79 Å². The number of rotatable bonds is 6. The van der Waals surface area contributed by atoms with Crippen LogP contribution in [-0.2, 0) is 4.79 Å². The largest absolute Gasteiger partial charge is 0.454 e. The first-order valence-corrected chi connectivity index (χ1v) is 11.5. The van der Waals surface area contributed by atoms with Crippen LogP contribution < -0.4 is 14.8 Å². The molecule has 1 N–H and O–H groups in total. The van der Waals surface area contributed by atoms with Crippen molar-refractivity contribution in [3.63, 3.8) is 0 Å². The number of benzene rings is 3. The fourth-order valence-electron chi connectivity index (χ4n) is 3.77. The third-order valence-corrected chi connectivity index (χ3v) is 6.05. The van der Waals surface area contributed by atoms with Gasteiger partial charge in [-0.25, -0.2) is 0 Å². The van der Waals surface area contributed by atoms with Crippen LogP contribution in [0.15, 0.2) is 71.9 Å². The number of hydrogen-bond donors (Lipinski definition) is 1. The van der Waals surface area contributed by atoms with Gasteiger partial charge in [0, 0.05) is 16.9 Å². The molecule has 1 aliphatic rings. The number of aromatic nitrogens is 3. The Morgan fingerprint density at radius 3 is 2.52 bits per heavy atom. The molecule has 0 atom stereocenters. The average molecular weight is 459 g/mol. The predicted octanol–water partition coefficient (Wildman–Crippen LogP) is 5.01. The van der Waals surface area contributed by atoms with E-state index in [-0.39, 0.29) is 18.5 Å². The summed E-state index contributed by atoms with van der Waals surface area (Å²) in [5.41, 5.74) is 4.77. The van der Waals surface area contributed by atoms with Gasteiger partial charge in [0.15, 0.2) is 22.5 Å². The van der Waals surface area contributed by atoms with Crippen molar-refractivity contribution in [1.29, 1.82) is 0 Å². The zero-order valence-electron chi connectivity index (χ0n) is 18.2.